The molecule has 2 aliphatic rings. The van der Waals surface area contributed by atoms with Crippen LogP contribution in [0.1, 0.15) is 75.8 Å². The van der Waals surface area contributed by atoms with Gasteiger partial charge in [0.05, 0.1) is 0 Å². The first kappa shape index (κ1) is 33.8. The van der Waals surface area contributed by atoms with Crippen LogP contribution in [0.4, 0.5) is 0 Å². The maximum absolute atomic E-state index is 5.71. The monoisotopic (exact) mass is 628 g/mol. The molecule has 2 aliphatic carbocycles. The Morgan fingerprint density at radius 1 is 0.865 bits per heavy atom. The molecule has 0 atom stereocenters. The van der Waals surface area contributed by atoms with Crippen molar-refractivity contribution in [3.63, 3.8) is 0 Å². The van der Waals surface area contributed by atoms with Crippen LogP contribution in [0.2, 0.25) is 5.02 Å². The largest absolute Gasteiger partial charge is 0.273 e. The van der Waals surface area contributed by atoms with Crippen molar-refractivity contribution in [1.82, 2.24) is 0 Å². The summed E-state index contributed by atoms with van der Waals surface area (Å²) in [6.45, 7) is 13.6. The van der Waals surface area contributed by atoms with E-state index in [9.17, 15) is 0 Å². The minimum atomic E-state index is 0. The Bertz CT molecular complexity index is 1170. The average Bonchev–Trinajstić information content (AvgIpc) is 3.49. The van der Waals surface area contributed by atoms with Crippen molar-refractivity contribution in [1.29, 1.82) is 0 Å². The first-order valence-corrected chi connectivity index (χ1v) is 14.0. The fourth-order valence-corrected chi connectivity index (χ4v) is 4.60. The number of hydrogen-bond acceptors (Lipinski definition) is 0. The SMILES string of the molecule is CC(C)(C)c1[c-]c2c(cc1)-c1ccc(C(C)(C)C)cc1C2.Cl.Cl.Clc1cccc([CH]=[Zr+2])c1.[C-]1=CC=CC1. The molecule has 0 saturated carbocycles. The Hall–Kier alpha value is -1.24. The van der Waals surface area contributed by atoms with Gasteiger partial charge in [0.15, 0.2) is 0 Å². The number of benzene rings is 3. The summed E-state index contributed by atoms with van der Waals surface area (Å²) >= 11 is 7.12. The van der Waals surface area contributed by atoms with Crippen LogP contribution in [-0.4, -0.2) is 3.71 Å². The van der Waals surface area contributed by atoms with Gasteiger partial charge in [-0.3, -0.25) is 6.08 Å². The molecule has 0 aliphatic heterocycles. The molecule has 0 heterocycles. The van der Waals surface area contributed by atoms with Crippen molar-refractivity contribution >= 4 is 40.1 Å². The molecule has 0 N–H and O–H groups in total. The molecule has 5 rings (SSSR count). The second kappa shape index (κ2) is 14.8. The Morgan fingerprint density at radius 2 is 1.57 bits per heavy atom. The van der Waals surface area contributed by atoms with E-state index in [0.29, 0.717) is 0 Å². The molecule has 3 aromatic carbocycles. The summed E-state index contributed by atoms with van der Waals surface area (Å²) in [5.74, 6) is 0. The molecule has 0 fully saturated rings. The number of hydrogen-bond donors (Lipinski definition) is 0. The van der Waals surface area contributed by atoms with E-state index in [-0.39, 0.29) is 35.6 Å². The molecule has 37 heavy (non-hydrogen) atoms. The molecule has 0 radical (unpaired) electrons. The van der Waals surface area contributed by atoms with Crippen LogP contribution in [0, 0.1) is 12.1 Å². The molecule has 194 valence electrons. The van der Waals surface area contributed by atoms with Crippen molar-refractivity contribution in [2.45, 2.75) is 65.2 Å². The van der Waals surface area contributed by atoms with Gasteiger partial charge in [0.25, 0.3) is 0 Å². The molecule has 0 unspecified atom stereocenters. The van der Waals surface area contributed by atoms with Crippen molar-refractivity contribution in [3.05, 3.63) is 118 Å². The van der Waals surface area contributed by atoms with E-state index in [1.54, 1.807) is 0 Å². The number of halogens is 3. The fourth-order valence-electron chi connectivity index (χ4n) is 3.96. The maximum Gasteiger partial charge on any atom is -0.109 e. The van der Waals surface area contributed by atoms with E-state index >= 15 is 0 Å². The normalized spacial score (nSPS) is 12.6. The zero-order chi connectivity index (χ0) is 25.6. The number of allylic oxidation sites excluding steroid dienone is 4. The third-order valence-electron chi connectivity index (χ3n) is 6.07. The van der Waals surface area contributed by atoms with Gasteiger partial charge in [-0.25, -0.2) is 12.2 Å². The van der Waals surface area contributed by atoms with Crippen LogP contribution in [0.3, 0.4) is 0 Å². The van der Waals surface area contributed by atoms with Crippen LogP contribution in [-0.2, 0) is 41.5 Å². The molecule has 0 saturated heterocycles. The molecule has 0 nitrogen and oxygen atoms in total. The Labute approximate surface area is 256 Å². The van der Waals surface area contributed by atoms with Gasteiger partial charge in [-0.1, -0.05) is 65.3 Å². The summed E-state index contributed by atoms with van der Waals surface area (Å²) in [6, 6.07) is 23.0. The fraction of sp³-hybridized carbons (Fsp3) is 0.303. The molecule has 0 spiro atoms. The topological polar surface area (TPSA) is 0 Å². The Morgan fingerprint density at radius 3 is 2.05 bits per heavy atom. The predicted molar refractivity (Wildman–Crippen MR) is 164 cm³/mol. The van der Waals surface area contributed by atoms with Gasteiger partial charge >= 0.3 is 74.4 Å². The van der Waals surface area contributed by atoms with E-state index in [0.717, 1.165) is 17.9 Å². The van der Waals surface area contributed by atoms with Crippen molar-refractivity contribution < 1.29 is 24.2 Å². The van der Waals surface area contributed by atoms with E-state index in [2.05, 4.69) is 93.8 Å². The van der Waals surface area contributed by atoms with Gasteiger partial charge in [-0.05, 0) is 28.4 Å². The van der Waals surface area contributed by atoms with Gasteiger partial charge in [-0.2, -0.15) is 29.8 Å². The third kappa shape index (κ3) is 9.78. The van der Waals surface area contributed by atoms with Crippen molar-refractivity contribution in [2.75, 3.05) is 0 Å². The molecule has 0 bridgehead atoms. The van der Waals surface area contributed by atoms with Crippen molar-refractivity contribution in [2.24, 2.45) is 0 Å². The second-order valence-corrected chi connectivity index (χ2v) is 12.2. The van der Waals surface area contributed by atoms with Gasteiger partial charge in [0.1, 0.15) is 0 Å². The molecular formula is C33H37Cl3Zr. The van der Waals surface area contributed by atoms with Gasteiger partial charge in [0.2, 0.25) is 0 Å². The summed E-state index contributed by atoms with van der Waals surface area (Å²) < 4.78 is 2.11. The Balaban J connectivity index is 0.000000354. The smallest absolute Gasteiger partial charge is 0.109 e. The molecule has 4 heteroatoms. The van der Waals surface area contributed by atoms with E-state index in [1.807, 2.05) is 36.4 Å². The standard InChI is InChI=1S/C21H25.C7H5Cl.C5H5.2ClH.Zr/c1-20(2,3)16-7-9-18-14(12-16)11-15-13-17(21(4,5)6)8-10-19(15)18;1-6-3-2-4-7(8)5-6;1-2-4-5-3-1;;;/h7-10,12H,11H2,1-6H3;1-5H;1-3H,4H2;2*1H;/q-1;;-1;;;+2. The summed E-state index contributed by atoms with van der Waals surface area (Å²) in [7, 11) is 0. The molecule has 0 aromatic heterocycles. The zero-order valence-corrected chi connectivity index (χ0v) is 27.5. The first-order chi connectivity index (χ1) is 16.5. The molecule has 0 amide bonds. The van der Waals surface area contributed by atoms with Crippen LogP contribution in [0.5, 0.6) is 0 Å². The quantitative estimate of drug-likeness (QED) is 0.184. The summed E-state index contributed by atoms with van der Waals surface area (Å²) in [5, 5.41) is 0.811. The number of rotatable bonds is 1. The average molecular weight is 631 g/mol. The molecule has 3 aromatic rings. The zero-order valence-electron chi connectivity index (χ0n) is 22.6. The van der Waals surface area contributed by atoms with E-state index < -0.39 is 0 Å². The van der Waals surface area contributed by atoms with Crippen LogP contribution >= 0.6 is 36.4 Å². The third-order valence-corrected chi connectivity index (χ3v) is 7.12. The second-order valence-electron chi connectivity index (χ2n) is 11.0. The van der Waals surface area contributed by atoms with E-state index in [4.69, 9.17) is 11.6 Å². The predicted octanol–water partition coefficient (Wildman–Crippen LogP) is 9.84. The summed E-state index contributed by atoms with van der Waals surface area (Å²) in [6.07, 6.45) is 11.0. The Kier molecular flexibility index (Phi) is 13.5. The first-order valence-electron chi connectivity index (χ1n) is 12.2. The van der Waals surface area contributed by atoms with Gasteiger partial charge in [0, 0.05) is 0 Å². The van der Waals surface area contributed by atoms with Crippen LogP contribution in [0.15, 0.2) is 72.8 Å². The van der Waals surface area contributed by atoms with Crippen molar-refractivity contribution in [3.8, 4) is 11.1 Å². The van der Waals surface area contributed by atoms with Gasteiger partial charge in [-0.15, -0.1) is 42.4 Å². The minimum absolute atomic E-state index is 0. The minimum Gasteiger partial charge on any atom is -0.273 e. The van der Waals surface area contributed by atoms with E-state index in [1.165, 1.54) is 63.2 Å². The molecular weight excluding hydrogens is 594 g/mol. The summed E-state index contributed by atoms with van der Waals surface area (Å²) in [4.78, 5) is 0. The number of fused-ring (bicyclic) bond motifs is 3. The maximum atomic E-state index is 5.71. The van der Waals surface area contributed by atoms with Gasteiger partial charge < -0.3 is 0 Å². The van der Waals surface area contributed by atoms with Crippen LogP contribution in [0.25, 0.3) is 11.1 Å². The van der Waals surface area contributed by atoms with Crippen LogP contribution < -0.4 is 0 Å². The summed E-state index contributed by atoms with van der Waals surface area (Å²) in [5.41, 5.74) is 9.91.